The summed E-state index contributed by atoms with van der Waals surface area (Å²) in [5, 5.41) is 6.05. The molecule has 1 amide bonds. The minimum Gasteiger partial charge on any atom is -0.324 e. The smallest absolute Gasteiger partial charge is 0.274 e. The van der Waals surface area contributed by atoms with Gasteiger partial charge in [-0.1, -0.05) is 38.1 Å². The van der Waals surface area contributed by atoms with Gasteiger partial charge >= 0.3 is 0 Å². The lowest BCUT2D eigenvalue weighted by atomic mass is 10.1. The number of hydrogen-bond acceptors (Lipinski definition) is 4. The molecule has 0 saturated carbocycles. The van der Waals surface area contributed by atoms with Gasteiger partial charge in [-0.05, 0) is 61.2 Å². The summed E-state index contributed by atoms with van der Waals surface area (Å²) in [6.07, 6.45) is 1.96. The second-order valence-electron chi connectivity index (χ2n) is 6.40. The third-order valence-electron chi connectivity index (χ3n) is 4.33. The molecule has 0 spiro atoms. The lowest BCUT2D eigenvalue weighted by molar-refractivity contribution is 0.102. The maximum absolute atomic E-state index is 12.6. The number of carbonyl (C=O) groups excluding carboxylic acids is 1. The van der Waals surface area contributed by atoms with Gasteiger partial charge in [-0.3, -0.25) is 4.79 Å². The van der Waals surface area contributed by atoms with E-state index in [1.807, 2.05) is 43.3 Å². The van der Waals surface area contributed by atoms with Crippen molar-refractivity contribution in [3.05, 3.63) is 77.1 Å². The lowest BCUT2D eigenvalue weighted by Gasteiger charge is -2.10. The Labute approximate surface area is 159 Å². The summed E-state index contributed by atoms with van der Waals surface area (Å²) >= 11 is 0. The second kappa shape index (κ2) is 8.45. The molecule has 0 unspecified atom stereocenters. The van der Waals surface area contributed by atoms with E-state index in [1.54, 1.807) is 6.07 Å². The molecule has 0 aliphatic heterocycles. The van der Waals surface area contributed by atoms with E-state index in [1.165, 1.54) is 11.1 Å². The molecular formula is C22H24N4O. The number of rotatable bonds is 6. The summed E-state index contributed by atoms with van der Waals surface area (Å²) in [4.78, 5) is 21.3. The topological polar surface area (TPSA) is 66.9 Å². The van der Waals surface area contributed by atoms with Crippen LogP contribution in [0.5, 0.6) is 0 Å². The van der Waals surface area contributed by atoms with Gasteiger partial charge in [0.25, 0.3) is 5.91 Å². The van der Waals surface area contributed by atoms with Gasteiger partial charge in [-0.25, -0.2) is 9.97 Å². The first-order chi connectivity index (χ1) is 13.1. The molecule has 1 heterocycles. The third kappa shape index (κ3) is 4.91. The minimum atomic E-state index is -0.255. The molecule has 0 aliphatic rings. The molecule has 0 saturated heterocycles. The van der Waals surface area contributed by atoms with Crippen LogP contribution in [0.15, 0.2) is 54.6 Å². The van der Waals surface area contributed by atoms with Gasteiger partial charge < -0.3 is 10.6 Å². The van der Waals surface area contributed by atoms with E-state index in [2.05, 4.69) is 46.6 Å². The number of nitrogens with zero attached hydrogens (tertiary/aromatic N) is 2. The Morgan fingerprint density at radius 3 is 1.96 bits per heavy atom. The zero-order valence-electron chi connectivity index (χ0n) is 15.9. The van der Waals surface area contributed by atoms with Crippen LogP contribution < -0.4 is 10.6 Å². The first kappa shape index (κ1) is 18.6. The van der Waals surface area contributed by atoms with Crippen LogP contribution >= 0.6 is 0 Å². The lowest BCUT2D eigenvalue weighted by Crippen LogP contribution is -2.15. The predicted octanol–water partition coefficient (Wildman–Crippen LogP) is 4.91. The van der Waals surface area contributed by atoms with E-state index in [0.29, 0.717) is 11.6 Å². The molecule has 138 valence electrons. The average Bonchev–Trinajstić information content (AvgIpc) is 2.68. The highest BCUT2D eigenvalue weighted by Gasteiger charge is 2.11. The van der Waals surface area contributed by atoms with Gasteiger partial charge in [0.1, 0.15) is 5.69 Å². The van der Waals surface area contributed by atoms with E-state index in [0.717, 1.165) is 29.9 Å². The summed E-state index contributed by atoms with van der Waals surface area (Å²) in [6, 6.07) is 17.6. The number of aromatic nitrogens is 2. The summed E-state index contributed by atoms with van der Waals surface area (Å²) in [5.41, 5.74) is 5.18. The Morgan fingerprint density at radius 1 is 0.852 bits per heavy atom. The number of anilines is 3. The van der Waals surface area contributed by atoms with E-state index < -0.39 is 0 Å². The zero-order valence-corrected chi connectivity index (χ0v) is 15.9. The largest absolute Gasteiger partial charge is 0.324 e. The maximum Gasteiger partial charge on any atom is 0.274 e. The van der Waals surface area contributed by atoms with Crippen LogP contribution in [0.25, 0.3) is 0 Å². The van der Waals surface area contributed by atoms with Crippen molar-refractivity contribution in [3.63, 3.8) is 0 Å². The van der Waals surface area contributed by atoms with Crippen molar-refractivity contribution >= 4 is 23.2 Å². The molecule has 5 nitrogen and oxygen atoms in total. The Hall–Kier alpha value is -3.21. The van der Waals surface area contributed by atoms with Crippen molar-refractivity contribution in [2.45, 2.75) is 33.6 Å². The fourth-order valence-corrected chi connectivity index (χ4v) is 2.71. The number of benzene rings is 2. The number of hydrogen-bond donors (Lipinski definition) is 2. The Balaban J connectivity index is 1.75. The molecule has 0 aliphatic carbocycles. The van der Waals surface area contributed by atoms with Gasteiger partial charge in [0.2, 0.25) is 5.95 Å². The van der Waals surface area contributed by atoms with Crippen molar-refractivity contribution in [2.75, 3.05) is 10.6 Å². The summed E-state index contributed by atoms with van der Waals surface area (Å²) in [6.45, 7) is 6.06. The maximum atomic E-state index is 12.6. The van der Waals surface area contributed by atoms with Gasteiger partial charge in [0.05, 0.1) is 0 Å². The van der Waals surface area contributed by atoms with Gasteiger partial charge in [-0.15, -0.1) is 0 Å². The van der Waals surface area contributed by atoms with E-state index in [-0.39, 0.29) is 5.91 Å². The third-order valence-corrected chi connectivity index (χ3v) is 4.33. The van der Waals surface area contributed by atoms with E-state index in [4.69, 9.17) is 0 Å². The first-order valence-corrected chi connectivity index (χ1v) is 9.19. The van der Waals surface area contributed by atoms with Crippen molar-refractivity contribution in [1.29, 1.82) is 0 Å². The van der Waals surface area contributed by atoms with E-state index in [9.17, 15) is 4.79 Å². The number of amides is 1. The molecule has 0 bridgehead atoms. The summed E-state index contributed by atoms with van der Waals surface area (Å²) in [7, 11) is 0. The van der Waals surface area contributed by atoms with Crippen molar-refractivity contribution < 1.29 is 4.79 Å². The van der Waals surface area contributed by atoms with Gasteiger partial charge in [-0.2, -0.15) is 0 Å². The molecular weight excluding hydrogens is 336 g/mol. The standard InChI is InChI=1S/C22H24N4O/c1-4-16-6-10-18(11-7-16)24-21(27)20-14-15(3)23-22(26-20)25-19-12-8-17(5-2)9-13-19/h6-14H,4-5H2,1-3H3,(H,24,27)(H,23,25,26). The fourth-order valence-electron chi connectivity index (χ4n) is 2.71. The van der Waals surface area contributed by atoms with Gasteiger partial charge in [0.15, 0.2) is 0 Å². The highest BCUT2D eigenvalue weighted by Crippen LogP contribution is 2.16. The van der Waals surface area contributed by atoms with Crippen LogP contribution in [0.2, 0.25) is 0 Å². The molecule has 3 aromatic rings. The molecule has 5 heteroatoms. The van der Waals surface area contributed by atoms with Crippen LogP contribution in [0.4, 0.5) is 17.3 Å². The highest BCUT2D eigenvalue weighted by atomic mass is 16.1. The molecule has 0 atom stereocenters. The minimum absolute atomic E-state index is 0.255. The normalized spacial score (nSPS) is 10.5. The second-order valence-corrected chi connectivity index (χ2v) is 6.40. The van der Waals surface area contributed by atoms with Crippen LogP contribution in [0.3, 0.4) is 0 Å². The number of nitrogens with one attached hydrogen (secondary N) is 2. The van der Waals surface area contributed by atoms with Crippen LogP contribution in [0.1, 0.15) is 41.2 Å². The van der Waals surface area contributed by atoms with Crippen LogP contribution in [-0.4, -0.2) is 15.9 Å². The Morgan fingerprint density at radius 2 is 1.41 bits per heavy atom. The Bertz CT molecular complexity index is 918. The quantitative estimate of drug-likeness (QED) is 0.656. The molecule has 2 N–H and O–H groups in total. The molecule has 1 aromatic heterocycles. The molecule has 2 aromatic carbocycles. The highest BCUT2D eigenvalue weighted by molar-refractivity contribution is 6.03. The van der Waals surface area contributed by atoms with Crippen LogP contribution in [-0.2, 0) is 12.8 Å². The monoisotopic (exact) mass is 360 g/mol. The number of carbonyl (C=O) groups is 1. The van der Waals surface area contributed by atoms with Crippen LogP contribution in [0, 0.1) is 6.92 Å². The SMILES string of the molecule is CCc1ccc(NC(=O)c2cc(C)nc(Nc3ccc(CC)cc3)n2)cc1. The summed E-state index contributed by atoms with van der Waals surface area (Å²) < 4.78 is 0. The molecule has 27 heavy (non-hydrogen) atoms. The zero-order chi connectivity index (χ0) is 19.2. The molecule has 0 radical (unpaired) electrons. The number of aryl methyl sites for hydroxylation is 3. The van der Waals surface area contributed by atoms with Crippen molar-refractivity contribution in [3.8, 4) is 0 Å². The fraction of sp³-hybridized carbons (Fsp3) is 0.227. The van der Waals surface area contributed by atoms with E-state index >= 15 is 0 Å². The van der Waals surface area contributed by atoms with Gasteiger partial charge in [0, 0.05) is 17.1 Å². The first-order valence-electron chi connectivity index (χ1n) is 9.19. The summed E-state index contributed by atoms with van der Waals surface area (Å²) in [5.74, 6) is 0.153. The Kier molecular flexibility index (Phi) is 5.81. The molecule has 0 fully saturated rings. The predicted molar refractivity (Wildman–Crippen MR) is 110 cm³/mol. The van der Waals surface area contributed by atoms with Crippen molar-refractivity contribution in [2.24, 2.45) is 0 Å². The van der Waals surface area contributed by atoms with Crippen molar-refractivity contribution in [1.82, 2.24) is 9.97 Å². The molecule has 3 rings (SSSR count). The average molecular weight is 360 g/mol.